The topological polar surface area (TPSA) is 58.1 Å². The summed E-state index contributed by atoms with van der Waals surface area (Å²) in [6.45, 7) is 10.6. The molecule has 0 bridgehead atoms. The molecule has 0 radical (unpaired) electrons. The molecule has 1 aliphatic heterocycles. The molecule has 0 saturated carbocycles. The Hall–Kier alpha value is -1.06. The average Bonchev–Trinajstić information content (AvgIpc) is 3.20. The SMILES string of the molecule is CCN(CC)CCOc1ccc(CNC(=NC)NCC2CCCO2)cc1.I. The molecular weight excluding hydrogens is 455 g/mol. The molecule has 1 aromatic carbocycles. The fourth-order valence-electron chi connectivity index (χ4n) is 2.96. The summed E-state index contributed by atoms with van der Waals surface area (Å²) in [6.07, 6.45) is 2.59. The van der Waals surface area contributed by atoms with Gasteiger partial charge in [-0.25, -0.2) is 0 Å². The highest BCUT2D eigenvalue weighted by Gasteiger charge is 2.15. The summed E-state index contributed by atoms with van der Waals surface area (Å²) in [7, 11) is 1.79. The van der Waals surface area contributed by atoms with Crippen molar-refractivity contribution >= 4 is 29.9 Å². The predicted molar refractivity (Wildman–Crippen MR) is 122 cm³/mol. The Kier molecular flexibility index (Phi) is 12.4. The van der Waals surface area contributed by atoms with Gasteiger partial charge in [0.15, 0.2) is 5.96 Å². The van der Waals surface area contributed by atoms with Crippen molar-refractivity contribution in [2.75, 3.05) is 46.4 Å². The van der Waals surface area contributed by atoms with Crippen molar-refractivity contribution in [3.05, 3.63) is 29.8 Å². The minimum absolute atomic E-state index is 0. The molecule has 1 aliphatic rings. The van der Waals surface area contributed by atoms with E-state index in [4.69, 9.17) is 9.47 Å². The summed E-state index contributed by atoms with van der Waals surface area (Å²) in [5, 5.41) is 6.67. The molecule has 2 rings (SSSR count). The van der Waals surface area contributed by atoms with Gasteiger partial charge in [-0.2, -0.15) is 0 Å². The second-order valence-electron chi connectivity index (χ2n) is 6.46. The van der Waals surface area contributed by atoms with Crippen LogP contribution >= 0.6 is 24.0 Å². The smallest absolute Gasteiger partial charge is 0.191 e. The van der Waals surface area contributed by atoms with Gasteiger partial charge in [0, 0.05) is 33.3 Å². The van der Waals surface area contributed by atoms with E-state index >= 15 is 0 Å². The molecule has 1 saturated heterocycles. The van der Waals surface area contributed by atoms with Crippen molar-refractivity contribution in [1.82, 2.24) is 15.5 Å². The zero-order valence-corrected chi connectivity index (χ0v) is 19.2. The van der Waals surface area contributed by atoms with E-state index in [-0.39, 0.29) is 24.0 Å². The van der Waals surface area contributed by atoms with Crippen LogP contribution in [0.25, 0.3) is 0 Å². The number of benzene rings is 1. The molecule has 27 heavy (non-hydrogen) atoms. The monoisotopic (exact) mass is 490 g/mol. The van der Waals surface area contributed by atoms with Crippen molar-refractivity contribution in [2.45, 2.75) is 39.3 Å². The number of hydrogen-bond donors (Lipinski definition) is 2. The first-order chi connectivity index (χ1) is 12.7. The van der Waals surface area contributed by atoms with E-state index in [2.05, 4.69) is 46.5 Å². The van der Waals surface area contributed by atoms with Crippen molar-refractivity contribution in [3.8, 4) is 5.75 Å². The van der Waals surface area contributed by atoms with Crippen molar-refractivity contribution in [3.63, 3.8) is 0 Å². The van der Waals surface area contributed by atoms with Crippen molar-refractivity contribution in [1.29, 1.82) is 0 Å². The summed E-state index contributed by atoms with van der Waals surface area (Å²) in [5.41, 5.74) is 1.20. The fourth-order valence-corrected chi connectivity index (χ4v) is 2.96. The van der Waals surface area contributed by atoms with E-state index in [0.717, 1.165) is 70.5 Å². The fraction of sp³-hybridized carbons (Fsp3) is 0.650. The van der Waals surface area contributed by atoms with Gasteiger partial charge in [-0.3, -0.25) is 4.99 Å². The van der Waals surface area contributed by atoms with E-state index in [0.29, 0.717) is 6.10 Å². The third-order valence-corrected chi connectivity index (χ3v) is 4.70. The molecule has 7 heteroatoms. The van der Waals surface area contributed by atoms with Gasteiger partial charge in [-0.15, -0.1) is 24.0 Å². The van der Waals surface area contributed by atoms with Crippen LogP contribution in [0.1, 0.15) is 32.3 Å². The number of hydrogen-bond acceptors (Lipinski definition) is 4. The number of nitrogens with one attached hydrogen (secondary N) is 2. The van der Waals surface area contributed by atoms with E-state index in [1.165, 1.54) is 5.56 Å². The minimum atomic E-state index is 0. The van der Waals surface area contributed by atoms with Crippen LogP contribution in [-0.2, 0) is 11.3 Å². The molecule has 1 atom stereocenters. The van der Waals surface area contributed by atoms with Crippen LogP contribution in [0.15, 0.2) is 29.3 Å². The highest BCUT2D eigenvalue weighted by Crippen LogP contribution is 2.12. The van der Waals surface area contributed by atoms with E-state index < -0.39 is 0 Å². The number of halogens is 1. The zero-order valence-electron chi connectivity index (χ0n) is 16.9. The lowest BCUT2D eigenvalue weighted by atomic mass is 10.2. The Labute approximate surface area is 181 Å². The Bertz CT molecular complexity index is 529. The van der Waals surface area contributed by atoms with E-state index in [9.17, 15) is 0 Å². The lowest BCUT2D eigenvalue weighted by molar-refractivity contribution is 0.114. The minimum Gasteiger partial charge on any atom is -0.492 e. The second-order valence-corrected chi connectivity index (χ2v) is 6.46. The first-order valence-corrected chi connectivity index (χ1v) is 9.75. The molecule has 0 aromatic heterocycles. The molecule has 154 valence electrons. The second kappa shape index (κ2) is 14.0. The molecule has 1 fully saturated rings. The summed E-state index contributed by atoms with van der Waals surface area (Å²) in [6, 6.07) is 8.24. The Morgan fingerprint density at radius 3 is 2.56 bits per heavy atom. The van der Waals surface area contributed by atoms with Gasteiger partial charge in [-0.05, 0) is 43.6 Å². The number of ether oxygens (including phenoxy) is 2. The van der Waals surface area contributed by atoms with Gasteiger partial charge in [0.05, 0.1) is 6.10 Å². The maximum absolute atomic E-state index is 5.83. The highest BCUT2D eigenvalue weighted by molar-refractivity contribution is 14.0. The lowest BCUT2D eigenvalue weighted by Gasteiger charge is -2.18. The molecule has 1 unspecified atom stereocenters. The molecule has 6 nitrogen and oxygen atoms in total. The molecule has 1 heterocycles. The van der Waals surface area contributed by atoms with Crippen LogP contribution < -0.4 is 15.4 Å². The van der Waals surface area contributed by atoms with Crippen molar-refractivity contribution < 1.29 is 9.47 Å². The van der Waals surface area contributed by atoms with Crippen LogP contribution in [0.3, 0.4) is 0 Å². The predicted octanol–water partition coefficient (Wildman–Crippen LogP) is 2.87. The van der Waals surface area contributed by atoms with Crippen LogP contribution in [0.5, 0.6) is 5.75 Å². The first-order valence-electron chi connectivity index (χ1n) is 9.75. The molecule has 1 aromatic rings. The quantitative estimate of drug-likeness (QED) is 0.300. The van der Waals surface area contributed by atoms with E-state index in [1.54, 1.807) is 7.05 Å². The van der Waals surface area contributed by atoms with Gasteiger partial charge in [0.1, 0.15) is 12.4 Å². The van der Waals surface area contributed by atoms with Gasteiger partial charge in [-0.1, -0.05) is 26.0 Å². The van der Waals surface area contributed by atoms with Crippen LogP contribution in [0.4, 0.5) is 0 Å². The summed E-state index contributed by atoms with van der Waals surface area (Å²) < 4.78 is 11.4. The Morgan fingerprint density at radius 2 is 1.96 bits per heavy atom. The lowest BCUT2D eigenvalue weighted by Crippen LogP contribution is -2.40. The van der Waals surface area contributed by atoms with Crippen molar-refractivity contribution in [2.24, 2.45) is 4.99 Å². The third kappa shape index (κ3) is 9.12. The average molecular weight is 490 g/mol. The van der Waals surface area contributed by atoms with Crippen LogP contribution in [-0.4, -0.2) is 63.4 Å². The van der Waals surface area contributed by atoms with Crippen LogP contribution in [0, 0.1) is 0 Å². The Balaban J connectivity index is 0.00000364. The number of guanidine groups is 1. The number of nitrogens with zero attached hydrogens (tertiary/aromatic N) is 2. The normalized spacial score (nSPS) is 16.9. The maximum atomic E-state index is 5.83. The third-order valence-electron chi connectivity index (χ3n) is 4.70. The summed E-state index contributed by atoms with van der Waals surface area (Å²) in [5.74, 6) is 1.72. The Morgan fingerprint density at radius 1 is 1.22 bits per heavy atom. The summed E-state index contributed by atoms with van der Waals surface area (Å²) in [4.78, 5) is 6.62. The number of rotatable bonds is 10. The molecular formula is C20H35IN4O2. The molecule has 0 amide bonds. The maximum Gasteiger partial charge on any atom is 0.191 e. The molecule has 0 spiro atoms. The van der Waals surface area contributed by atoms with Gasteiger partial charge >= 0.3 is 0 Å². The first kappa shape index (κ1) is 24.0. The molecule has 2 N–H and O–H groups in total. The zero-order chi connectivity index (χ0) is 18.6. The van der Waals surface area contributed by atoms with Gasteiger partial charge in [0.2, 0.25) is 0 Å². The largest absolute Gasteiger partial charge is 0.492 e. The number of aliphatic imine (C=N–C) groups is 1. The summed E-state index contributed by atoms with van der Waals surface area (Å²) >= 11 is 0. The number of likely N-dealkylation sites (N-methyl/N-ethyl adjacent to an activating group) is 1. The standard InChI is InChI=1S/C20H34N4O2.HI/c1-4-24(5-2)12-14-26-18-10-8-17(9-11-18)15-22-20(21-3)23-16-19-7-6-13-25-19;/h8-11,19H,4-7,12-16H2,1-3H3,(H2,21,22,23);1H. The van der Waals surface area contributed by atoms with Gasteiger partial charge in [0.25, 0.3) is 0 Å². The van der Waals surface area contributed by atoms with Crippen LogP contribution in [0.2, 0.25) is 0 Å². The molecule has 0 aliphatic carbocycles. The van der Waals surface area contributed by atoms with E-state index in [1.807, 2.05) is 12.1 Å². The van der Waals surface area contributed by atoms with Gasteiger partial charge < -0.3 is 25.0 Å². The highest BCUT2D eigenvalue weighted by atomic mass is 127.